The van der Waals surface area contributed by atoms with Crippen molar-refractivity contribution in [2.75, 3.05) is 16.0 Å². The van der Waals surface area contributed by atoms with Crippen molar-refractivity contribution in [3.8, 4) is 0 Å². The molecule has 0 fully saturated rings. The van der Waals surface area contributed by atoms with Crippen molar-refractivity contribution >= 4 is 17.1 Å². The van der Waals surface area contributed by atoms with Crippen molar-refractivity contribution < 1.29 is 0 Å². The van der Waals surface area contributed by atoms with Gasteiger partial charge in [0.15, 0.2) is 0 Å². The van der Waals surface area contributed by atoms with Crippen molar-refractivity contribution in [3.63, 3.8) is 0 Å². The Hall–Kier alpha value is -1.64. The third-order valence-electron chi connectivity index (χ3n) is 2.05. The summed E-state index contributed by atoms with van der Waals surface area (Å²) in [5, 5.41) is 9.66. The molecule has 0 unspecified atom stereocenters. The van der Waals surface area contributed by atoms with Gasteiger partial charge in [-0.05, 0) is 32.0 Å². The molecule has 0 atom stereocenters. The van der Waals surface area contributed by atoms with Gasteiger partial charge in [0.25, 0.3) is 0 Å². The molecule has 3 heteroatoms. The van der Waals surface area contributed by atoms with Crippen LogP contribution in [0.25, 0.3) is 0 Å². The van der Waals surface area contributed by atoms with Gasteiger partial charge in [-0.1, -0.05) is 6.58 Å². The van der Waals surface area contributed by atoms with Gasteiger partial charge in [0.1, 0.15) is 5.82 Å². The van der Waals surface area contributed by atoms with Crippen LogP contribution in [0, 0.1) is 0 Å². The number of fused-ring (bicyclic) bond motifs is 1. The summed E-state index contributed by atoms with van der Waals surface area (Å²) in [6.07, 6.45) is 0. The quantitative estimate of drug-likeness (QED) is 0.669. The second kappa shape index (κ2) is 3.25. The van der Waals surface area contributed by atoms with Crippen LogP contribution in [0.2, 0.25) is 0 Å². The molecule has 1 aliphatic rings. The van der Waals surface area contributed by atoms with Gasteiger partial charge in [0.05, 0.1) is 11.4 Å². The van der Waals surface area contributed by atoms with Crippen molar-refractivity contribution in [3.05, 3.63) is 30.6 Å². The van der Waals surface area contributed by atoms with E-state index in [4.69, 9.17) is 0 Å². The fourth-order valence-corrected chi connectivity index (χ4v) is 1.54. The molecule has 74 valence electrons. The average Bonchev–Trinajstić information content (AvgIpc) is 2.42. The average molecular weight is 189 g/mol. The highest BCUT2D eigenvalue weighted by Gasteiger charge is 2.12. The Labute approximate surface area is 84.2 Å². The number of benzene rings is 1. The molecular weight excluding hydrogens is 174 g/mol. The predicted octanol–water partition coefficient (Wildman–Crippen LogP) is 2.82. The molecule has 0 saturated carbocycles. The smallest absolute Gasteiger partial charge is 0.100 e. The molecule has 0 amide bonds. The summed E-state index contributed by atoms with van der Waals surface area (Å²) in [7, 11) is 0. The van der Waals surface area contributed by atoms with Gasteiger partial charge in [-0.15, -0.1) is 0 Å². The lowest BCUT2D eigenvalue weighted by atomic mass is 10.2. The van der Waals surface area contributed by atoms with Crippen LogP contribution >= 0.6 is 0 Å². The molecule has 0 bridgehead atoms. The molecule has 3 N–H and O–H groups in total. The van der Waals surface area contributed by atoms with Crippen molar-refractivity contribution in [2.24, 2.45) is 0 Å². The van der Waals surface area contributed by atoms with Crippen LogP contribution < -0.4 is 16.0 Å². The highest BCUT2D eigenvalue weighted by Crippen LogP contribution is 2.32. The van der Waals surface area contributed by atoms with E-state index in [9.17, 15) is 0 Å². The lowest BCUT2D eigenvalue weighted by Gasteiger charge is -2.10. The maximum absolute atomic E-state index is 3.82. The molecule has 3 nitrogen and oxygen atoms in total. The number of rotatable bonds is 2. The van der Waals surface area contributed by atoms with E-state index in [0.717, 1.165) is 22.9 Å². The third-order valence-corrected chi connectivity index (χ3v) is 2.05. The van der Waals surface area contributed by atoms with Crippen LogP contribution in [-0.2, 0) is 0 Å². The first-order chi connectivity index (χ1) is 6.65. The summed E-state index contributed by atoms with van der Waals surface area (Å²) in [4.78, 5) is 0. The van der Waals surface area contributed by atoms with Crippen LogP contribution in [0.4, 0.5) is 17.1 Å². The summed E-state index contributed by atoms with van der Waals surface area (Å²) < 4.78 is 0. The Morgan fingerprint density at radius 1 is 1.21 bits per heavy atom. The number of nitrogens with one attached hydrogen (secondary N) is 3. The van der Waals surface area contributed by atoms with E-state index >= 15 is 0 Å². The lowest BCUT2D eigenvalue weighted by Crippen LogP contribution is -2.09. The molecule has 0 saturated heterocycles. The van der Waals surface area contributed by atoms with Gasteiger partial charge < -0.3 is 16.0 Å². The molecule has 0 spiro atoms. The van der Waals surface area contributed by atoms with Crippen LogP contribution in [0.5, 0.6) is 0 Å². The fraction of sp³-hybridized carbons (Fsp3) is 0.273. The molecule has 1 aromatic carbocycles. The Kier molecular flexibility index (Phi) is 2.08. The normalized spacial score (nSPS) is 13.5. The molecular formula is C11H15N3. The first-order valence-electron chi connectivity index (χ1n) is 4.78. The largest absolute Gasteiger partial charge is 0.383 e. The zero-order valence-corrected chi connectivity index (χ0v) is 8.52. The standard InChI is InChI=1S/C11H15N3/c1-7(2)12-9-4-5-10-11(6-9)14-8(3)13-10/h4-7,12-14H,3H2,1-2H3. The van der Waals surface area contributed by atoms with Gasteiger partial charge in [-0.25, -0.2) is 0 Å². The van der Waals surface area contributed by atoms with E-state index in [-0.39, 0.29) is 0 Å². The summed E-state index contributed by atoms with van der Waals surface area (Å²) in [6.45, 7) is 8.06. The van der Waals surface area contributed by atoms with E-state index in [2.05, 4.69) is 48.5 Å². The van der Waals surface area contributed by atoms with E-state index < -0.39 is 0 Å². The molecule has 0 aromatic heterocycles. The maximum Gasteiger partial charge on any atom is 0.100 e. The molecule has 0 aliphatic carbocycles. The number of anilines is 3. The van der Waals surface area contributed by atoms with Gasteiger partial charge in [-0.3, -0.25) is 0 Å². The first-order valence-corrected chi connectivity index (χ1v) is 4.78. The SMILES string of the molecule is C=C1Nc2ccc(NC(C)C)cc2N1. The van der Waals surface area contributed by atoms with Gasteiger partial charge in [0, 0.05) is 11.7 Å². The van der Waals surface area contributed by atoms with Crippen molar-refractivity contribution in [1.82, 2.24) is 0 Å². The number of hydrogen-bond acceptors (Lipinski definition) is 3. The van der Waals surface area contributed by atoms with Gasteiger partial charge in [0.2, 0.25) is 0 Å². The van der Waals surface area contributed by atoms with E-state index in [1.807, 2.05) is 6.07 Å². The molecule has 0 radical (unpaired) electrons. The Balaban J connectivity index is 2.24. The topological polar surface area (TPSA) is 36.1 Å². The second-order valence-electron chi connectivity index (χ2n) is 3.79. The van der Waals surface area contributed by atoms with Crippen LogP contribution in [0.1, 0.15) is 13.8 Å². The summed E-state index contributed by atoms with van der Waals surface area (Å²) in [6, 6.07) is 6.64. The minimum atomic E-state index is 0.450. The van der Waals surface area contributed by atoms with E-state index in [0.29, 0.717) is 6.04 Å². The fourth-order valence-electron chi connectivity index (χ4n) is 1.54. The Morgan fingerprint density at radius 3 is 2.64 bits per heavy atom. The Morgan fingerprint density at radius 2 is 1.93 bits per heavy atom. The van der Waals surface area contributed by atoms with E-state index in [1.54, 1.807) is 0 Å². The monoisotopic (exact) mass is 189 g/mol. The minimum absolute atomic E-state index is 0.450. The van der Waals surface area contributed by atoms with E-state index in [1.165, 1.54) is 0 Å². The molecule has 1 heterocycles. The first kappa shape index (κ1) is 8.94. The predicted molar refractivity (Wildman–Crippen MR) is 61.6 cm³/mol. The molecule has 14 heavy (non-hydrogen) atoms. The van der Waals surface area contributed by atoms with Crippen LogP contribution in [-0.4, -0.2) is 6.04 Å². The lowest BCUT2D eigenvalue weighted by molar-refractivity contribution is 0.900. The van der Waals surface area contributed by atoms with Gasteiger partial charge >= 0.3 is 0 Å². The van der Waals surface area contributed by atoms with Crippen molar-refractivity contribution in [2.45, 2.75) is 19.9 Å². The zero-order chi connectivity index (χ0) is 10.1. The molecule has 2 rings (SSSR count). The van der Waals surface area contributed by atoms with Gasteiger partial charge in [-0.2, -0.15) is 0 Å². The second-order valence-corrected chi connectivity index (χ2v) is 3.79. The third kappa shape index (κ3) is 1.66. The molecule has 1 aromatic rings. The summed E-state index contributed by atoms with van der Waals surface area (Å²) >= 11 is 0. The van der Waals surface area contributed by atoms with Crippen LogP contribution in [0.3, 0.4) is 0 Å². The highest BCUT2D eigenvalue weighted by atomic mass is 15.2. The van der Waals surface area contributed by atoms with Crippen molar-refractivity contribution in [1.29, 1.82) is 0 Å². The summed E-state index contributed by atoms with van der Waals surface area (Å²) in [5.41, 5.74) is 3.30. The Bertz CT molecular complexity index is 369. The minimum Gasteiger partial charge on any atom is -0.383 e. The zero-order valence-electron chi connectivity index (χ0n) is 8.52. The maximum atomic E-state index is 3.82. The summed E-state index contributed by atoms with van der Waals surface area (Å²) in [5.74, 6) is 0.835. The van der Waals surface area contributed by atoms with Crippen LogP contribution in [0.15, 0.2) is 30.6 Å². The molecule has 1 aliphatic heterocycles. The number of hydrogen-bond donors (Lipinski definition) is 3. The highest BCUT2D eigenvalue weighted by molar-refractivity contribution is 5.81.